The van der Waals surface area contributed by atoms with Gasteiger partial charge in [-0.3, -0.25) is 0 Å². The molecule has 0 aliphatic rings. The normalized spacial score (nSPS) is 10.8. The van der Waals surface area contributed by atoms with E-state index in [2.05, 4.69) is 16.0 Å². The molecular formula is C16H15N3OS. The third kappa shape index (κ3) is 2.52. The fourth-order valence-corrected chi connectivity index (χ4v) is 2.80. The van der Waals surface area contributed by atoms with Gasteiger partial charge in [0.05, 0.1) is 12.6 Å². The second-order valence-corrected chi connectivity index (χ2v) is 5.36. The quantitative estimate of drug-likeness (QED) is 0.748. The lowest BCUT2D eigenvalue weighted by atomic mass is 10.1. The first-order chi connectivity index (χ1) is 10.2. The van der Waals surface area contributed by atoms with E-state index in [0.29, 0.717) is 11.6 Å². The number of rotatable bonds is 3. The van der Waals surface area contributed by atoms with Crippen LogP contribution in [0.5, 0.6) is 5.75 Å². The number of nitrogens with zero attached hydrogens (tertiary/aromatic N) is 2. The lowest BCUT2D eigenvalue weighted by Crippen LogP contribution is -1.99. The van der Waals surface area contributed by atoms with Gasteiger partial charge >= 0.3 is 0 Å². The smallest absolute Gasteiger partial charge is 0.163 e. The second kappa shape index (κ2) is 5.61. The minimum atomic E-state index is 0.463. The van der Waals surface area contributed by atoms with Crippen molar-refractivity contribution in [2.24, 2.45) is 0 Å². The zero-order valence-corrected chi connectivity index (χ0v) is 12.6. The van der Waals surface area contributed by atoms with Crippen molar-refractivity contribution in [3.63, 3.8) is 0 Å². The van der Waals surface area contributed by atoms with Gasteiger partial charge in [0.25, 0.3) is 0 Å². The topological polar surface area (TPSA) is 61.0 Å². The number of hydrogen-bond donors (Lipinski definition) is 1. The number of hydrogen-bond acceptors (Lipinski definition) is 5. The van der Waals surface area contributed by atoms with E-state index < -0.39 is 0 Å². The Morgan fingerprint density at radius 1 is 1.10 bits per heavy atom. The van der Waals surface area contributed by atoms with Crippen LogP contribution in [0.1, 0.15) is 0 Å². The predicted octanol–water partition coefficient (Wildman–Crippen LogP) is 3.61. The number of aromatic nitrogens is 2. The molecule has 1 heterocycles. The number of nitrogen functional groups attached to an aromatic ring is 1. The van der Waals surface area contributed by atoms with Crippen LogP contribution < -0.4 is 10.5 Å². The van der Waals surface area contributed by atoms with Crippen LogP contribution >= 0.6 is 11.8 Å². The largest absolute Gasteiger partial charge is 0.497 e. The molecule has 0 bridgehead atoms. The summed E-state index contributed by atoms with van der Waals surface area (Å²) in [5.74, 6) is 1.86. The summed E-state index contributed by atoms with van der Waals surface area (Å²) >= 11 is 1.67. The summed E-state index contributed by atoms with van der Waals surface area (Å²) in [6.07, 6.45) is 2.04. The number of methoxy groups -OCH3 is 1. The van der Waals surface area contributed by atoms with Crippen molar-refractivity contribution in [1.29, 1.82) is 0 Å². The highest BCUT2D eigenvalue weighted by Gasteiger charge is 2.11. The van der Waals surface area contributed by atoms with E-state index in [1.54, 1.807) is 18.9 Å². The van der Waals surface area contributed by atoms with E-state index in [0.717, 1.165) is 27.1 Å². The molecule has 0 spiro atoms. The maximum absolute atomic E-state index is 6.10. The third-order valence-corrected chi connectivity index (χ3v) is 4.08. The van der Waals surface area contributed by atoms with Gasteiger partial charge in [-0.25, -0.2) is 9.97 Å². The van der Waals surface area contributed by atoms with Crippen LogP contribution in [-0.2, 0) is 0 Å². The van der Waals surface area contributed by atoms with Crippen molar-refractivity contribution in [2.45, 2.75) is 4.90 Å². The predicted molar refractivity (Wildman–Crippen MR) is 87.7 cm³/mol. The summed E-state index contributed by atoms with van der Waals surface area (Å²) in [6, 6.07) is 13.7. The van der Waals surface area contributed by atoms with Gasteiger partial charge in [-0.2, -0.15) is 0 Å². The standard InChI is InChI=1S/C16H15N3OS/c1-20-10-7-8-13-12(9-10)15(17)19-16(18-13)11-5-3-4-6-14(11)21-2/h3-9H,1-2H3,(H2,17,18,19). The Balaban J connectivity index is 2.21. The molecule has 0 saturated heterocycles. The average molecular weight is 297 g/mol. The Morgan fingerprint density at radius 2 is 1.90 bits per heavy atom. The molecular weight excluding hydrogens is 282 g/mol. The number of anilines is 1. The van der Waals surface area contributed by atoms with Crippen molar-refractivity contribution >= 4 is 28.5 Å². The van der Waals surface area contributed by atoms with Crippen molar-refractivity contribution in [3.05, 3.63) is 42.5 Å². The number of fused-ring (bicyclic) bond motifs is 1. The van der Waals surface area contributed by atoms with Gasteiger partial charge in [0, 0.05) is 15.8 Å². The van der Waals surface area contributed by atoms with Gasteiger partial charge < -0.3 is 10.5 Å². The first-order valence-corrected chi connectivity index (χ1v) is 7.70. The highest BCUT2D eigenvalue weighted by molar-refractivity contribution is 7.98. The van der Waals surface area contributed by atoms with E-state index in [4.69, 9.17) is 10.5 Å². The molecule has 0 saturated carbocycles. The van der Waals surface area contributed by atoms with Crippen LogP contribution in [0.3, 0.4) is 0 Å². The Morgan fingerprint density at radius 3 is 2.67 bits per heavy atom. The highest BCUT2D eigenvalue weighted by Crippen LogP contribution is 2.31. The number of thioether (sulfide) groups is 1. The Labute approximate surface area is 127 Å². The zero-order valence-electron chi connectivity index (χ0n) is 11.8. The highest BCUT2D eigenvalue weighted by atomic mass is 32.2. The van der Waals surface area contributed by atoms with E-state index in [-0.39, 0.29) is 0 Å². The fraction of sp³-hybridized carbons (Fsp3) is 0.125. The molecule has 0 aliphatic carbocycles. The second-order valence-electron chi connectivity index (χ2n) is 4.52. The van der Waals surface area contributed by atoms with Crippen molar-refractivity contribution in [2.75, 3.05) is 19.1 Å². The van der Waals surface area contributed by atoms with E-state index in [1.165, 1.54) is 0 Å². The molecule has 3 rings (SSSR count). The number of benzene rings is 2. The molecule has 0 amide bonds. The van der Waals surface area contributed by atoms with Gasteiger partial charge in [-0.05, 0) is 30.5 Å². The van der Waals surface area contributed by atoms with Crippen molar-refractivity contribution in [1.82, 2.24) is 9.97 Å². The lowest BCUT2D eigenvalue weighted by Gasteiger charge is -2.09. The summed E-state index contributed by atoms with van der Waals surface area (Å²) in [4.78, 5) is 10.2. The first-order valence-electron chi connectivity index (χ1n) is 6.47. The molecule has 4 nitrogen and oxygen atoms in total. The Hall–Kier alpha value is -2.27. The first kappa shape index (κ1) is 13.7. The van der Waals surface area contributed by atoms with Crippen LogP contribution in [0.4, 0.5) is 5.82 Å². The van der Waals surface area contributed by atoms with Gasteiger partial charge in [0.1, 0.15) is 11.6 Å². The molecule has 5 heteroatoms. The molecule has 3 aromatic rings. The summed E-state index contributed by atoms with van der Waals surface area (Å²) in [5, 5.41) is 0.805. The minimum absolute atomic E-state index is 0.463. The molecule has 0 aliphatic heterocycles. The molecule has 2 N–H and O–H groups in total. The Bertz CT molecular complexity index is 805. The van der Waals surface area contributed by atoms with Gasteiger partial charge in [-0.15, -0.1) is 11.8 Å². The molecule has 21 heavy (non-hydrogen) atoms. The molecule has 106 valence electrons. The Kier molecular flexibility index (Phi) is 3.66. The van der Waals surface area contributed by atoms with Crippen LogP contribution in [0.25, 0.3) is 22.3 Å². The number of ether oxygens (including phenoxy) is 1. The molecule has 0 fully saturated rings. The van der Waals surface area contributed by atoms with Gasteiger partial charge in [0.2, 0.25) is 0 Å². The lowest BCUT2D eigenvalue weighted by molar-refractivity contribution is 0.415. The monoisotopic (exact) mass is 297 g/mol. The van der Waals surface area contributed by atoms with E-state index in [1.807, 2.05) is 42.7 Å². The van der Waals surface area contributed by atoms with E-state index >= 15 is 0 Å². The fourth-order valence-electron chi connectivity index (χ4n) is 2.21. The molecule has 0 unspecified atom stereocenters. The van der Waals surface area contributed by atoms with Gasteiger partial charge in [-0.1, -0.05) is 18.2 Å². The maximum atomic E-state index is 6.10. The zero-order chi connectivity index (χ0) is 14.8. The molecule has 2 aromatic carbocycles. The van der Waals surface area contributed by atoms with Crippen molar-refractivity contribution < 1.29 is 4.74 Å². The molecule has 0 atom stereocenters. The molecule has 0 radical (unpaired) electrons. The van der Waals surface area contributed by atoms with Gasteiger partial charge in [0.15, 0.2) is 5.82 Å². The molecule has 1 aromatic heterocycles. The van der Waals surface area contributed by atoms with Crippen LogP contribution in [0.15, 0.2) is 47.4 Å². The van der Waals surface area contributed by atoms with E-state index in [9.17, 15) is 0 Å². The van der Waals surface area contributed by atoms with Crippen LogP contribution in [0.2, 0.25) is 0 Å². The van der Waals surface area contributed by atoms with Crippen LogP contribution in [0, 0.1) is 0 Å². The summed E-state index contributed by atoms with van der Waals surface area (Å²) in [6.45, 7) is 0. The number of nitrogens with two attached hydrogens (primary N) is 1. The summed E-state index contributed by atoms with van der Waals surface area (Å²) in [7, 11) is 1.63. The maximum Gasteiger partial charge on any atom is 0.163 e. The third-order valence-electron chi connectivity index (χ3n) is 3.28. The summed E-state index contributed by atoms with van der Waals surface area (Å²) in [5.41, 5.74) is 7.90. The van der Waals surface area contributed by atoms with Crippen LogP contribution in [-0.4, -0.2) is 23.3 Å². The average Bonchev–Trinajstić information content (AvgIpc) is 2.54. The van der Waals surface area contributed by atoms with Crippen molar-refractivity contribution in [3.8, 4) is 17.1 Å². The summed E-state index contributed by atoms with van der Waals surface area (Å²) < 4.78 is 5.21. The SMILES string of the molecule is COc1ccc2nc(-c3ccccc3SC)nc(N)c2c1. The minimum Gasteiger partial charge on any atom is -0.497 e.